The van der Waals surface area contributed by atoms with Gasteiger partial charge in [-0.1, -0.05) is 23.7 Å². The van der Waals surface area contributed by atoms with E-state index in [0.717, 1.165) is 15.5 Å². The molecule has 0 atom stereocenters. The molecule has 26 heavy (non-hydrogen) atoms. The lowest BCUT2D eigenvalue weighted by Crippen LogP contribution is -2.19. The standard InChI is InChI=1S/C18H12ClN3O2S2/c19-11-3-1-10(2-4-11)18-22-14(8-26-18)17(24)20-12-5-6-15-13(7-12)21-16(23)9-25-15/h1-8H,9H2,(H,20,24)(H,21,23). The molecule has 1 aliphatic heterocycles. The van der Waals surface area contributed by atoms with Crippen molar-refractivity contribution in [2.75, 3.05) is 16.4 Å². The van der Waals surface area contributed by atoms with Crippen LogP contribution in [0.4, 0.5) is 11.4 Å². The summed E-state index contributed by atoms with van der Waals surface area (Å²) in [7, 11) is 0. The molecule has 0 fully saturated rings. The molecule has 3 aromatic rings. The van der Waals surface area contributed by atoms with Gasteiger partial charge in [0.25, 0.3) is 5.91 Å². The summed E-state index contributed by atoms with van der Waals surface area (Å²) < 4.78 is 0. The Kier molecular flexibility index (Phi) is 4.67. The molecule has 8 heteroatoms. The van der Waals surface area contributed by atoms with Crippen molar-refractivity contribution in [3.63, 3.8) is 0 Å². The molecule has 2 aromatic carbocycles. The third kappa shape index (κ3) is 3.60. The summed E-state index contributed by atoms with van der Waals surface area (Å²) in [4.78, 5) is 29.4. The maximum atomic E-state index is 12.5. The Morgan fingerprint density at radius 2 is 2.00 bits per heavy atom. The van der Waals surface area contributed by atoms with Crippen molar-refractivity contribution in [2.45, 2.75) is 4.90 Å². The Morgan fingerprint density at radius 3 is 2.81 bits per heavy atom. The number of amides is 2. The molecular formula is C18H12ClN3O2S2. The van der Waals surface area contributed by atoms with E-state index in [4.69, 9.17) is 11.6 Å². The van der Waals surface area contributed by atoms with Crippen LogP contribution in [0.3, 0.4) is 0 Å². The minimum absolute atomic E-state index is 0.0434. The number of halogens is 1. The molecule has 5 nitrogen and oxygen atoms in total. The van der Waals surface area contributed by atoms with Gasteiger partial charge < -0.3 is 10.6 Å². The number of carbonyl (C=O) groups is 2. The minimum Gasteiger partial charge on any atom is -0.324 e. The fourth-order valence-electron chi connectivity index (χ4n) is 2.46. The van der Waals surface area contributed by atoms with Gasteiger partial charge in [-0.2, -0.15) is 0 Å². The van der Waals surface area contributed by atoms with Gasteiger partial charge in [-0.05, 0) is 30.3 Å². The molecule has 2 N–H and O–H groups in total. The summed E-state index contributed by atoms with van der Waals surface area (Å²) in [5.41, 5.74) is 2.57. The fraction of sp³-hybridized carbons (Fsp3) is 0.0556. The molecular weight excluding hydrogens is 390 g/mol. The highest BCUT2D eigenvalue weighted by molar-refractivity contribution is 8.00. The number of thioether (sulfide) groups is 1. The lowest BCUT2D eigenvalue weighted by Gasteiger charge is -2.17. The molecule has 0 aliphatic carbocycles. The first-order chi connectivity index (χ1) is 12.6. The van der Waals surface area contributed by atoms with Gasteiger partial charge in [-0.3, -0.25) is 9.59 Å². The molecule has 4 rings (SSSR count). The quantitative estimate of drug-likeness (QED) is 0.663. The van der Waals surface area contributed by atoms with E-state index >= 15 is 0 Å². The molecule has 2 amide bonds. The van der Waals surface area contributed by atoms with Crippen LogP contribution < -0.4 is 10.6 Å². The Labute approximate surface area is 162 Å². The first kappa shape index (κ1) is 17.1. The number of fused-ring (bicyclic) bond motifs is 1. The number of anilines is 2. The molecule has 0 unspecified atom stereocenters. The second kappa shape index (κ2) is 7.11. The summed E-state index contributed by atoms with van der Waals surface area (Å²) >= 11 is 8.77. The van der Waals surface area contributed by atoms with Gasteiger partial charge >= 0.3 is 0 Å². The smallest absolute Gasteiger partial charge is 0.275 e. The molecule has 130 valence electrons. The first-order valence-electron chi connectivity index (χ1n) is 7.68. The van der Waals surface area contributed by atoms with Crippen LogP contribution in [0.2, 0.25) is 5.02 Å². The van der Waals surface area contributed by atoms with Gasteiger partial charge in [-0.25, -0.2) is 4.98 Å². The molecule has 2 heterocycles. The summed E-state index contributed by atoms with van der Waals surface area (Å²) in [6, 6.07) is 12.8. The maximum Gasteiger partial charge on any atom is 0.275 e. The van der Waals surface area contributed by atoms with Crippen LogP contribution in [-0.4, -0.2) is 22.6 Å². The molecule has 1 aliphatic rings. The lowest BCUT2D eigenvalue weighted by atomic mass is 10.2. The number of thiazole rings is 1. The van der Waals surface area contributed by atoms with Crippen LogP contribution in [0.15, 0.2) is 52.7 Å². The summed E-state index contributed by atoms with van der Waals surface area (Å²) in [6.45, 7) is 0. The van der Waals surface area contributed by atoms with Gasteiger partial charge in [0.1, 0.15) is 10.7 Å². The Morgan fingerprint density at radius 1 is 1.19 bits per heavy atom. The third-order valence-corrected chi connectivity index (χ3v) is 5.92. The highest BCUT2D eigenvalue weighted by Crippen LogP contribution is 2.33. The average Bonchev–Trinajstić information content (AvgIpc) is 3.12. The average molecular weight is 402 g/mol. The normalized spacial score (nSPS) is 13.0. The van der Waals surface area contributed by atoms with E-state index in [0.29, 0.717) is 27.8 Å². The van der Waals surface area contributed by atoms with E-state index in [9.17, 15) is 9.59 Å². The predicted molar refractivity (Wildman–Crippen MR) is 106 cm³/mol. The van der Waals surface area contributed by atoms with E-state index in [-0.39, 0.29) is 11.8 Å². The molecule has 0 radical (unpaired) electrons. The molecule has 0 saturated heterocycles. The number of rotatable bonds is 3. The highest BCUT2D eigenvalue weighted by atomic mass is 35.5. The van der Waals surface area contributed by atoms with Gasteiger partial charge in [0.05, 0.1) is 11.4 Å². The Balaban J connectivity index is 1.51. The zero-order chi connectivity index (χ0) is 18.1. The SMILES string of the molecule is O=C1CSc2ccc(NC(=O)c3csc(-c4ccc(Cl)cc4)n3)cc2N1. The molecule has 1 aromatic heterocycles. The number of hydrogen-bond acceptors (Lipinski definition) is 5. The van der Waals surface area contributed by atoms with Crippen LogP contribution in [-0.2, 0) is 4.79 Å². The monoisotopic (exact) mass is 401 g/mol. The Hall–Kier alpha value is -2.35. The number of nitrogens with zero attached hydrogens (tertiary/aromatic N) is 1. The van der Waals surface area contributed by atoms with Crippen molar-refractivity contribution in [2.24, 2.45) is 0 Å². The van der Waals surface area contributed by atoms with Gasteiger partial charge in [0.15, 0.2) is 0 Å². The lowest BCUT2D eigenvalue weighted by molar-refractivity contribution is -0.113. The van der Waals surface area contributed by atoms with Crippen molar-refractivity contribution in [1.82, 2.24) is 4.98 Å². The number of aromatic nitrogens is 1. The van der Waals surface area contributed by atoms with Crippen molar-refractivity contribution in [3.8, 4) is 10.6 Å². The third-order valence-electron chi connectivity index (χ3n) is 3.70. The predicted octanol–water partition coefficient (Wildman–Crippen LogP) is 4.76. The molecule has 0 bridgehead atoms. The zero-order valence-electron chi connectivity index (χ0n) is 13.3. The number of carbonyl (C=O) groups excluding carboxylic acids is 2. The summed E-state index contributed by atoms with van der Waals surface area (Å²) in [5.74, 6) is 0.0691. The second-order valence-corrected chi connectivity index (χ2v) is 7.86. The van der Waals surface area contributed by atoms with Crippen LogP contribution in [0, 0.1) is 0 Å². The molecule has 0 spiro atoms. The summed E-state index contributed by atoms with van der Waals surface area (Å²) in [5, 5.41) is 8.75. The minimum atomic E-state index is -0.295. The van der Waals surface area contributed by atoms with Crippen LogP contribution >= 0.6 is 34.7 Å². The van der Waals surface area contributed by atoms with Crippen LogP contribution in [0.25, 0.3) is 10.6 Å². The van der Waals surface area contributed by atoms with Crippen molar-refractivity contribution in [1.29, 1.82) is 0 Å². The van der Waals surface area contributed by atoms with E-state index in [1.54, 1.807) is 23.6 Å². The van der Waals surface area contributed by atoms with Crippen molar-refractivity contribution in [3.05, 3.63) is 58.6 Å². The van der Waals surface area contributed by atoms with E-state index in [2.05, 4.69) is 15.6 Å². The van der Waals surface area contributed by atoms with Gasteiger partial charge in [0.2, 0.25) is 5.91 Å². The van der Waals surface area contributed by atoms with Crippen molar-refractivity contribution < 1.29 is 9.59 Å². The summed E-state index contributed by atoms with van der Waals surface area (Å²) in [6.07, 6.45) is 0. The van der Waals surface area contributed by atoms with E-state index in [1.165, 1.54) is 23.1 Å². The number of nitrogens with one attached hydrogen (secondary N) is 2. The largest absolute Gasteiger partial charge is 0.324 e. The van der Waals surface area contributed by atoms with Crippen LogP contribution in [0.5, 0.6) is 0 Å². The highest BCUT2D eigenvalue weighted by Gasteiger charge is 2.17. The van der Waals surface area contributed by atoms with E-state index < -0.39 is 0 Å². The molecule has 0 saturated carbocycles. The topological polar surface area (TPSA) is 71.1 Å². The van der Waals surface area contributed by atoms with Crippen molar-refractivity contribution >= 4 is 57.9 Å². The first-order valence-corrected chi connectivity index (χ1v) is 9.92. The fourth-order valence-corrected chi connectivity index (χ4v) is 4.18. The second-order valence-electron chi connectivity index (χ2n) is 5.55. The van der Waals surface area contributed by atoms with Gasteiger partial charge in [-0.15, -0.1) is 23.1 Å². The zero-order valence-corrected chi connectivity index (χ0v) is 15.7. The van der Waals surface area contributed by atoms with E-state index in [1.807, 2.05) is 24.3 Å². The maximum absolute atomic E-state index is 12.5. The van der Waals surface area contributed by atoms with Gasteiger partial charge in [0, 0.05) is 26.5 Å². The number of hydrogen-bond donors (Lipinski definition) is 2. The Bertz CT molecular complexity index is 1000. The number of benzene rings is 2. The van der Waals surface area contributed by atoms with Crippen LogP contribution in [0.1, 0.15) is 10.5 Å².